The van der Waals surface area contributed by atoms with Crippen LogP contribution in [-0.2, 0) is 0 Å². The molecular weight excluding hydrogens is 192 g/mol. The fraction of sp³-hybridized carbons (Fsp3) is 0.636. The third-order valence-electron chi connectivity index (χ3n) is 3.25. The topological polar surface area (TPSA) is 66.0 Å². The molecule has 0 bridgehead atoms. The molecule has 0 radical (unpaired) electrons. The maximum Gasteiger partial charge on any atom is 0.254 e. The zero-order chi connectivity index (χ0) is 10.8. The summed E-state index contributed by atoms with van der Waals surface area (Å²) in [5.74, 6) is 1.53. The number of aromatic nitrogens is 2. The highest BCUT2D eigenvalue weighted by Crippen LogP contribution is 2.38. The van der Waals surface area contributed by atoms with E-state index in [4.69, 9.17) is 0 Å². The second-order valence-corrected chi connectivity index (χ2v) is 4.27. The van der Waals surface area contributed by atoms with Gasteiger partial charge in [0.15, 0.2) is 0 Å². The SMILES string of the molecule is CCC1CCC(c2nc(O)cc(=O)[nH]2)C1. The molecule has 1 aromatic heterocycles. The fourth-order valence-electron chi connectivity index (χ4n) is 2.35. The first-order valence-corrected chi connectivity index (χ1v) is 5.49. The Balaban J connectivity index is 2.20. The average Bonchev–Trinajstić information content (AvgIpc) is 2.64. The number of nitrogens with zero attached hydrogens (tertiary/aromatic N) is 1. The molecule has 0 spiro atoms. The van der Waals surface area contributed by atoms with Crippen molar-refractivity contribution in [2.75, 3.05) is 0 Å². The van der Waals surface area contributed by atoms with E-state index in [2.05, 4.69) is 16.9 Å². The van der Waals surface area contributed by atoms with Crippen molar-refractivity contribution in [1.29, 1.82) is 0 Å². The predicted octanol–water partition coefficient (Wildman–Crippen LogP) is 1.77. The van der Waals surface area contributed by atoms with Crippen LogP contribution in [-0.4, -0.2) is 15.1 Å². The van der Waals surface area contributed by atoms with E-state index in [1.54, 1.807) is 0 Å². The molecule has 0 aliphatic heterocycles. The molecule has 1 fully saturated rings. The van der Waals surface area contributed by atoms with Crippen molar-refractivity contribution in [2.24, 2.45) is 5.92 Å². The van der Waals surface area contributed by atoms with E-state index < -0.39 is 0 Å². The lowest BCUT2D eigenvalue weighted by molar-refractivity contribution is 0.442. The summed E-state index contributed by atoms with van der Waals surface area (Å²) < 4.78 is 0. The van der Waals surface area contributed by atoms with E-state index in [1.807, 2.05) is 0 Å². The van der Waals surface area contributed by atoms with Crippen LogP contribution in [0.25, 0.3) is 0 Å². The van der Waals surface area contributed by atoms with Crippen LogP contribution in [0.1, 0.15) is 44.3 Å². The molecule has 4 nitrogen and oxygen atoms in total. The van der Waals surface area contributed by atoms with Gasteiger partial charge >= 0.3 is 0 Å². The third kappa shape index (κ3) is 2.19. The number of aromatic amines is 1. The van der Waals surface area contributed by atoms with Crippen molar-refractivity contribution in [3.8, 4) is 5.88 Å². The van der Waals surface area contributed by atoms with Gasteiger partial charge in [0, 0.05) is 5.92 Å². The van der Waals surface area contributed by atoms with Crippen LogP contribution in [0.3, 0.4) is 0 Å². The normalized spacial score (nSPS) is 25.7. The average molecular weight is 208 g/mol. The minimum absolute atomic E-state index is 0.173. The zero-order valence-corrected chi connectivity index (χ0v) is 8.86. The molecule has 2 N–H and O–H groups in total. The number of hydrogen-bond acceptors (Lipinski definition) is 3. The lowest BCUT2D eigenvalue weighted by Gasteiger charge is -2.09. The highest BCUT2D eigenvalue weighted by atomic mass is 16.3. The van der Waals surface area contributed by atoms with Gasteiger partial charge in [0.2, 0.25) is 5.88 Å². The smallest absolute Gasteiger partial charge is 0.254 e. The molecule has 82 valence electrons. The van der Waals surface area contributed by atoms with E-state index in [9.17, 15) is 9.90 Å². The van der Waals surface area contributed by atoms with Crippen molar-refractivity contribution in [2.45, 2.75) is 38.5 Å². The monoisotopic (exact) mass is 208 g/mol. The molecular formula is C11H16N2O2. The van der Waals surface area contributed by atoms with Crippen LogP contribution in [0.2, 0.25) is 0 Å². The first-order valence-electron chi connectivity index (χ1n) is 5.49. The van der Waals surface area contributed by atoms with Crippen molar-refractivity contribution >= 4 is 0 Å². The summed E-state index contributed by atoms with van der Waals surface area (Å²) in [4.78, 5) is 17.9. The number of hydrogen-bond donors (Lipinski definition) is 2. The van der Waals surface area contributed by atoms with Crippen molar-refractivity contribution in [3.05, 3.63) is 22.2 Å². The van der Waals surface area contributed by atoms with Crippen LogP contribution in [0.5, 0.6) is 5.88 Å². The van der Waals surface area contributed by atoms with Crippen LogP contribution in [0.15, 0.2) is 10.9 Å². The molecule has 2 atom stereocenters. The first-order chi connectivity index (χ1) is 7.19. The molecule has 15 heavy (non-hydrogen) atoms. The van der Waals surface area contributed by atoms with E-state index in [0.29, 0.717) is 11.7 Å². The molecule has 0 saturated heterocycles. The standard InChI is InChI=1S/C11H16N2O2/c1-2-7-3-4-8(5-7)11-12-9(14)6-10(15)13-11/h6-8H,2-5H2,1H3,(H2,12,13,14,15). The third-order valence-corrected chi connectivity index (χ3v) is 3.25. The summed E-state index contributed by atoms with van der Waals surface area (Å²) in [6.45, 7) is 2.19. The van der Waals surface area contributed by atoms with E-state index >= 15 is 0 Å². The van der Waals surface area contributed by atoms with Crippen LogP contribution in [0.4, 0.5) is 0 Å². The molecule has 1 aliphatic rings. The van der Waals surface area contributed by atoms with Gasteiger partial charge in [0.25, 0.3) is 5.56 Å². The van der Waals surface area contributed by atoms with E-state index in [0.717, 1.165) is 24.8 Å². The minimum atomic E-state index is -0.266. The summed E-state index contributed by atoms with van der Waals surface area (Å²) >= 11 is 0. The molecule has 1 saturated carbocycles. The number of H-pyrrole nitrogens is 1. The van der Waals surface area contributed by atoms with Crippen LogP contribution in [0, 0.1) is 5.92 Å². The molecule has 1 aromatic rings. The quantitative estimate of drug-likeness (QED) is 0.778. The minimum Gasteiger partial charge on any atom is -0.493 e. The van der Waals surface area contributed by atoms with Gasteiger partial charge < -0.3 is 10.1 Å². The molecule has 4 heteroatoms. The number of nitrogens with one attached hydrogen (secondary N) is 1. The maximum absolute atomic E-state index is 11.2. The van der Waals surface area contributed by atoms with Crippen molar-refractivity contribution in [3.63, 3.8) is 0 Å². The van der Waals surface area contributed by atoms with Gasteiger partial charge in [-0.3, -0.25) is 4.79 Å². The van der Waals surface area contributed by atoms with Gasteiger partial charge in [-0.2, -0.15) is 0 Å². The largest absolute Gasteiger partial charge is 0.493 e. The maximum atomic E-state index is 11.2. The van der Waals surface area contributed by atoms with Gasteiger partial charge in [-0.15, -0.1) is 0 Å². The van der Waals surface area contributed by atoms with Crippen LogP contribution < -0.4 is 5.56 Å². The molecule has 1 aliphatic carbocycles. The Hall–Kier alpha value is -1.32. The second-order valence-electron chi connectivity index (χ2n) is 4.27. The van der Waals surface area contributed by atoms with Gasteiger partial charge in [-0.25, -0.2) is 4.98 Å². The predicted molar refractivity (Wildman–Crippen MR) is 56.9 cm³/mol. The summed E-state index contributed by atoms with van der Waals surface area (Å²) in [7, 11) is 0. The van der Waals surface area contributed by atoms with E-state index in [1.165, 1.54) is 12.8 Å². The van der Waals surface area contributed by atoms with E-state index in [-0.39, 0.29) is 11.4 Å². The first kappa shape index (κ1) is 10.2. The molecule has 1 heterocycles. The molecule has 2 unspecified atom stereocenters. The van der Waals surface area contributed by atoms with Crippen molar-refractivity contribution in [1.82, 2.24) is 9.97 Å². The fourth-order valence-corrected chi connectivity index (χ4v) is 2.35. The molecule has 0 aromatic carbocycles. The molecule has 0 amide bonds. The summed E-state index contributed by atoms with van der Waals surface area (Å²) in [6, 6.07) is 1.11. The lowest BCUT2D eigenvalue weighted by Crippen LogP contribution is -2.12. The Morgan fingerprint density at radius 2 is 2.40 bits per heavy atom. The number of rotatable bonds is 2. The van der Waals surface area contributed by atoms with Gasteiger partial charge in [-0.05, 0) is 25.2 Å². The Labute approximate surface area is 88.4 Å². The Kier molecular flexibility index (Phi) is 2.75. The Morgan fingerprint density at radius 3 is 3.00 bits per heavy atom. The summed E-state index contributed by atoms with van der Waals surface area (Å²) in [5, 5.41) is 9.25. The van der Waals surface area contributed by atoms with Crippen LogP contribution >= 0.6 is 0 Å². The lowest BCUT2D eigenvalue weighted by atomic mass is 10.0. The Morgan fingerprint density at radius 1 is 1.60 bits per heavy atom. The Bertz CT molecular complexity index is 400. The summed E-state index contributed by atoms with van der Waals surface area (Å²) in [6.07, 6.45) is 4.51. The summed E-state index contributed by atoms with van der Waals surface area (Å²) in [5.41, 5.74) is -0.266. The number of aromatic hydroxyl groups is 1. The van der Waals surface area contributed by atoms with Gasteiger partial charge in [0.1, 0.15) is 5.82 Å². The van der Waals surface area contributed by atoms with Gasteiger partial charge in [-0.1, -0.05) is 13.3 Å². The second kappa shape index (κ2) is 4.04. The highest BCUT2D eigenvalue weighted by Gasteiger charge is 2.26. The zero-order valence-electron chi connectivity index (χ0n) is 8.86. The highest BCUT2D eigenvalue weighted by molar-refractivity contribution is 5.10. The van der Waals surface area contributed by atoms with Crippen molar-refractivity contribution < 1.29 is 5.11 Å². The van der Waals surface area contributed by atoms with Gasteiger partial charge in [0.05, 0.1) is 6.07 Å². The molecule has 2 rings (SSSR count).